The van der Waals surface area contributed by atoms with Gasteiger partial charge in [-0.05, 0) is 37.8 Å². The highest BCUT2D eigenvalue weighted by molar-refractivity contribution is 7.91. The second-order valence-electron chi connectivity index (χ2n) is 7.20. The van der Waals surface area contributed by atoms with E-state index in [-0.39, 0.29) is 24.8 Å². The maximum Gasteiger partial charge on any atom is 0.252 e. The summed E-state index contributed by atoms with van der Waals surface area (Å²) in [7, 11) is -1.84. The van der Waals surface area contributed by atoms with Gasteiger partial charge in [-0.2, -0.15) is 4.31 Å². The van der Waals surface area contributed by atoms with E-state index in [2.05, 4.69) is 0 Å². The van der Waals surface area contributed by atoms with Crippen LogP contribution in [0.25, 0.3) is 0 Å². The first-order valence-corrected chi connectivity index (χ1v) is 11.7. The van der Waals surface area contributed by atoms with Gasteiger partial charge >= 0.3 is 0 Å². The fourth-order valence-electron chi connectivity index (χ4n) is 3.47. The van der Waals surface area contributed by atoms with Crippen molar-refractivity contribution < 1.29 is 18.0 Å². The molecule has 2 amide bonds. The van der Waals surface area contributed by atoms with Gasteiger partial charge in [0, 0.05) is 38.1 Å². The SMILES string of the molecule is CN(CC(=O)N1CCCC1)C(=O)Cc1ccc(S(=O)(=O)N2CCCCC2)s1. The van der Waals surface area contributed by atoms with E-state index in [0.717, 1.165) is 56.5 Å². The average molecular weight is 414 g/mol. The molecule has 0 bridgehead atoms. The molecule has 0 aliphatic carbocycles. The molecule has 9 heteroatoms. The summed E-state index contributed by atoms with van der Waals surface area (Å²) in [5.41, 5.74) is 0. The molecule has 1 aromatic heterocycles. The number of carbonyl (C=O) groups excluding carboxylic acids is 2. The van der Waals surface area contributed by atoms with Crippen molar-refractivity contribution in [3.8, 4) is 0 Å². The summed E-state index contributed by atoms with van der Waals surface area (Å²) in [5.74, 6) is -0.200. The third-order valence-electron chi connectivity index (χ3n) is 5.13. The number of carbonyl (C=O) groups is 2. The second-order valence-corrected chi connectivity index (χ2v) is 10.5. The number of piperidine rings is 1. The highest BCUT2D eigenvalue weighted by Crippen LogP contribution is 2.27. The lowest BCUT2D eigenvalue weighted by atomic mass is 10.2. The zero-order valence-corrected chi connectivity index (χ0v) is 17.4. The molecule has 0 radical (unpaired) electrons. The molecule has 2 saturated heterocycles. The van der Waals surface area contributed by atoms with E-state index in [1.165, 1.54) is 9.21 Å². The predicted molar refractivity (Wildman–Crippen MR) is 104 cm³/mol. The van der Waals surface area contributed by atoms with Crippen LogP contribution < -0.4 is 0 Å². The molecule has 0 spiro atoms. The van der Waals surface area contributed by atoms with Crippen LogP contribution in [0.1, 0.15) is 37.0 Å². The van der Waals surface area contributed by atoms with Crippen molar-refractivity contribution >= 4 is 33.2 Å². The first kappa shape index (κ1) is 20.3. The zero-order valence-electron chi connectivity index (χ0n) is 15.7. The first-order valence-electron chi connectivity index (χ1n) is 9.48. The zero-order chi connectivity index (χ0) is 19.4. The van der Waals surface area contributed by atoms with Gasteiger partial charge in [0.15, 0.2) is 0 Å². The summed E-state index contributed by atoms with van der Waals surface area (Å²) in [4.78, 5) is 28.5. The molecular formula is C18H27N3O4S2. The average Bonchev–Trinajstić information content (AvgIpc) is 3.34. The molecule has 7 nitrogen and oxygen atoms in total. The molecule has 0 unspecified atom stereocenters. The van der Waals surface area contributed by atoms with Gasteiger partial charge in [0.1, 0.15) is 4.21 Å². The molecule has 0 saturated carbocycles. The number of amides is 2. The number of likely N-dealkylation sites (tertiary alicyclic amines) is 1. The highest BCUT2D eigenvalue weighted by Gasteiger charge is 2.28. The van der Waals surface area contributed by atoms with Gasteiger partial charge in [-0.25, -0.2) is 8.42 Å². The number of hydrogen-bond donors (Lipinski definition) is 0. The van der Waals surface area contributed by atoms with Crippen LogP contribution >= 0.6 is 11.3 Å². The van der Waals surface area contributed by atoms with Crippen LogP contribution in [-0.2, 0) is 26.0 Å². The van der Waals surface area contributed by atoms with Crippen LogP contribution in [0.5, 0.6) is 0 Å². The molecule has 2 aliphatic rings. The summed E-state index contributed by atoms with van der Waals surface area (Å²) in [6.45, 7) is 2.74. The number of thiophene rings is 1. The fraction of sp³-hybridized carbons (Fsp3) is 0.667. The molecule has 0 N–H and O–H groups in total. The highest BCUT2D eigenvalue weighted by atomic mass is 32.2. The molecule has 3 rings (SSSR count). The molecule has 1 aromatic rings. The third kappa shape index (κ3) is 4.89. The Kier molecular flexibility index (Phi) is 6.54. The Morgan fingerprint density at radius 1 is 1.04 bits per heavy atom. The Labute approximate surface area is 165 Å². The normalized spacial score (nSPS) is 18.6. The van der Waals surface area contributed by atoms with Crippen molar-refractivity contribution in [2.75, 3.05) is 39.8 Å². The van der Waals surface area contributed by atoms with Gasteiger partial charge in [0.05, 0.1) is 13.0 Å². The van der Waals surface area contributed by atoms with Crippen LogP contribution in [0.2, 0.25) is 0 Å². The lowest BCUT2D eigenvalue weighted by Gasteiger charge is -2.25. The van der Waals surface area contributed by atoms with Gasteiger partial charge in [-0.15, -0.1) is 11.3 Å². The Bertz CT molecular complexity index is 778. The standard InChI is InChI=1S/C18H27N3O4S2/c1-19(14-17(23)20-9-5-6-10-20)16(22)13-15-7-8-18(26-15)27(24,25)21-11-3-2-4-12-21/h7-8H,2-6,9-14H2,1H3. The van der Waals surface area contributed by atoms with Gasteiger partial charge in [0.25, 0.3) is 10.0 Å². The van der Waals surface area contributed by atoms with Gasteiger partial charge < -0.3 is 9.80 Å². The Hall–Kier alpha value is -1.45. The van der Waals surface area contributed by atoms with Crippen LogP contribution in [0.4, 0.5) is 0 Å². The summed E-state index contributed by atoms with van der Waals surface area (Å²) in [5, 5.41) is 0. The van der Waals surface area contributed by atoms with E-state index >= 15 is 0 Å². The summed E-state index contributed by atoms with van der Waals surface area (Å²) in [6.07, 6.45) is 5.01. The minimum Gasteiger partial charge on any atom is -0.341 e. The van der Waals surface area contributed by atoms with Crippen molar-refractivity contribution in [1.82, 2.24) is 14.1 Å². The van der Waals surface area contributed by atoms with E-state index < -0.39 is 10.0 Å². The molecule has 2 aliphatic heterocycles. The Morgan fingerprint density at radius 3 is 2.33 bits per heavy atom. The van der Waals surface area contributed by atoms with Crippen LogP contribution in [0.3, 0.4) is 0 Å². The van der Waals surface area contributed by atoms with E-state index in [1.54, 1.807) is 24.1 Å². The number of sulfonamides is 1. The lowest BCUT2D eigenvalue weighted by Crippen LogP contribution is -2.40. The molecular weight excluding hydrogens is 386 g/mol. The molecule has 0 atom stereocenters. The van der Waals surface area contributed by atoms with Crippen molar-refractivity contribution in [2.24, 2.45) is 0 Å². The topological polar surface area (TPSA) is 78.0 Å². The quantitative estimate of drug-likeness (QED) is 0.709. The number of rotatable bonds is 6. The van der Waals surface area contributed by atoms with E-state index in [9.17, 15) is 18.0 Å². The molecule has 27 heavy (non-hydrogen) atoms. The van der Waals surface area contributed by atoms with Gasteiger partial charge in [0.2, 0.25) is 11.8 Å². The maximum atomic E-state index is 12.7. The van der Waals surface area contributed by atoms with Crippen LogP contribution in [-0.4, -0.2) is 74.1 Å². The lowest BCUT2D eigenvalue weighted by molar-refractivity contribution is -0.138. The van der Waals surface area contributed by atoms with Crippen LogP contribution in [0, 0.1) is 0 Å². The number of nitrogens with zero attached hydrogens (tertiary/aromatic N) is 3. The number of hydrogen-bond acceptors (Lipinski definition) is 5. The molecule has 3 heterocycles. The minimum absolute atomic E-state index is 0.0251. The van der Waals surface area contributed by atoms with Crippen molar-refractivity contribution in [1.29, 1.82) is 0 Å². The first-order chi connectivity index (χ1) is 12.9. The Balaban J connectivity index is 1.57. The van der Waals surface area contributed by atoms with E-state index in [1.807, 2.05) is 0 Å². The number of likely N-dealkylation sites (N-methyl/N-ethyl adjacent to an activating group) is 1. The van der Waals surface area contributed by atoms with Crippen molar-refractivity contribution in [3.05, 3.63) is 17.0 Å². The largest absolute Gasteiger partial charge is 0.341 e. The third-order valence-corrected chi connectivity index (χ3v) is 8.58. The summed E-state index contributed by atoms with van der Waals surface area (Å²) in [6, 6.07) is 3.29. The summed E-state index contributed by atoms with van der Waals surface area (Å²) >= 11 is 1.15. The van der Waals surface area contributed by atoms with Gasteiger partial charge in [-0.1, -0.05) is 6.42 Å². The van der Waals surface area contributed by atoms with Crippen molar-refractivity contribution in [2.45, 2.75) is 42.7 Å². The molecule has 2 fully saturated rings. The van der Waals surface area contributed by atoms with E-state index in [4.69, 9.17) is 0 Å². The van der Waals surface area contributed by atoms with Crippen LogP contribution in [0.15, 0.2) is 16.3 Å². The minimum atomic E-state index is -3.46. The van der Waals surface area contributed by atoms with E-state index in [0.29, 0.717) is 22.2 Å². The monoisotopic (exact) mass is 413 g/mol. The van der Waals surface area contributed by atoms with Gasteiger partial charge in [-0.3, -0.25) is 9.59 Å². The summed E-state index contributed by atoms with van der Waals surface area (Å²) < 4.78 is 27.2. The maximum absolute atomic E-state index is 12.7. The molecule has 150 valence electrons. The second kappa shape index (κ2) is 8.70. The Morgan fingerprint density at radius 2 is 1.67 bits per heavy atom. The smallest absolute Gasteiger partial charge is 0.252 e. The molecule has 0 aromatic carbocycles. The fourth-order valence-corrected chi connectivity index (χ4v) is 6.48. The predicted octanol–water partition coefficient (Wildman–Crippen LogP) is 1.55. The van der Waals surface area contributed by atoms with Crippen molar-refractivity contribution in [3.63, 3.8) is 0 Å².